The van der Waals surface area contributed by atoms with Crippen LogP contribution in [0.3, 0.4) is 0 Å². The second-order valence-corrected chi connectivity index (χ2v) is 8.95. The van der Waals surface area contributed by atoms with Crippen molar-refractivity contribution >= 4 is 30.0 Å². The third kappa shape index (κ3) is 5.89. The van der Waals surface area contributed by atoms with Crippen LogP contribution >= 0.6 is 0 Å². The molecule has 0 saturated carbocycles. The number of aliphatic hydroxyl groups excluding tert-OH is 2. The minimum absolute atomic E-state index is 0.236. The van der Waals surface area contributed by atoms with E-state index in [2.05, 4.69) is 30.3 Å². The highest BCUT2D eigenvalue weighted by Gasteiger charge is 2.52. The van der Waals surface area contributed by atoms with Crippen molar-refractivity contribution in [2.45, 2.75) is 62.9 Å². The highest BCUT2D eigenvalue weighted by Crippen LogP contribution is 2.28. The van der Waals surface area contributed by atoms with E-state index in [-0.39, 0.29) is 11.8 Å². The summed E-state index contributed by atoms with van der Waals surface area (Å²) in [6.45, 7) is 2.57. The van der Waals surface area contributed by atoms with Crippen LogP contribution in [-0.4, -0.2) is 102 Å². The molecular weight excluding hydrogens is 482 g/mol. The van der Waals surface area contributed by atoms with E-state index in [0.29, 0.717) is 38.3 Å². The molecule has 6 N–H and O–H groups in total. The summed E-state index contributed by atoms with van der Waals surface area (Å²) in [6, 6.07) is 7.42. The third-order valence-electron chi connectivity index (χ3n) is 6.47. The van der Waals surface area contributed by atoms with Gasteiger partial charge in [-0.25, -0.2) is 0 Å². The van der Waals surface area contributed by atoms with E-state index in [1.54, 1.807) is 11.8 Å². The first-order valence-electron chi connectivity index (χ1n) is 12.2. The number of amides is 1. The van der Waals surface area contributed by atoms with Gasteiger partial charge in [-0.05, 0) is 30.9 Å². The molecule has 1 saturated heterocycles. The van der Waals surface area contributed by atoms with Crippen molar-refractivity contribution in [2.75, 3.05) is 20.2 Å². The summed E-state index contributed by atoms with van der Waals surface area (Å²) in [5, 5.41) is 26.7. The van der Waals surface area contributed by atoms with Crippen LogP contribution < -0.4 is 16.4 Å². The molecule has 3 heterocycles. The molecule has 0 bridgehead atoms. The van der Waals surface area contributed by atoms with Gasteiger partial charge in [0.15, 0.2) is 12.3 Å². The molecule has 0 aromatic heterocycles. The first-order chi connectivity index (χ1) is 17.8. The molecule has 6 atom stereocenters. The maximum Gasteiger partial charge on any atom is 0.305 e. The molecule has 37 heavy (non-hydrogen) atoms. The summed E-state index contributed by atoms with van der Waals surface area (Å²) < 4.78 is 10.4. The van der Waals surface area contributed by atoms with E-state index in [1.165, 1.54) is 13.4 Å². The highest BCUT2D eigenvalue weighted by molar-refractivity contribution is 6.02. The minimum atomic E-state index is -1.39. The van der Waals surface area contributed by atoms with Gasteiger partial charge >= 0.3 is 5.97 Å². The van der Waals surface area contributed by atoms with Gasteiger partial charge < -0.3 is 41.0 Å². The summed E-state index contributed by atoms with van der Waals surface area (Å²) in [6.07, 6.45) is -2.41. The zero-order valence-corrected chi connectivity index (χ0v) is 20.8. The van der Waals surface area contributed by atoms with Crippen LogP contribution in [0.15, 0.2) is 39.2 Å². The number of aliphatic imine (C=N–C) groups is 3. The van der Waals surface area contributed by atoms with Crippen molar-refractivity contribution < 1.29 is 29.3 Å². The molecule has 0 radical (unpaired) electrons. The molecule has 1 aromatic carbocycles. The van der Waals surface area contributed by atoms with E-state index in [1.807, 2.05) is 24.3 Å². The third-order valence-corrected chi connectivity index (χ3v) is 6.47. The number of rotatable bonds is 9. The summed E-state index contributed by atoms with van der Waals surface area (Å²) in [5.41, 5.74) is 8.28. The maximum absolute atomic E-state index is 12.2. The minimum Gasteiger partial charge on any atom is -0.469 e. The summed E-state index contributed by atoms with van der Waals surface area (Å²) in [5.74, 6) is -0.164. The molecule has 1 fully saturated rings. The van der Waals surface area contributed by atoms with Gasteiger partial charge in [-0.1, -0.05) is 24.3 Å². The number of aliphatic hydroxyl groups is 2. The van der Waals surface area contributed by atoms with Gasteiger partial charge in [0.25, 0.3) is 5.91 Å². The number of nitrogens with one attached hydrogen (secondary N) is 2. The number of benzene rings is 1. The Morgan fingerprint density at radius 3 is 2.59 bits per heavy atom. The Morgan fingerprint density at radius 1 is 1.22 bits per heavy atom. The smallest absolute Gasteiger partial charge is 0.305 e. The van der Waals surface area contributed by atoms with E-state index in [0.717, 1.165) is 11.1 Å². The predicted octanol–water partition coefficient (Wildman–Crippen LogP) is -1.73. The number of hydrogen-bond donors (Lipinski definition) is 5. The number of ether oxygens (including phenoxy) is 2. The Morgan fingerprint density at radius 2 is 1.92 bits per heavy atom. The van der Waals surface area contributed by atoms with Crippen molar-refractivity contribution in [1.82, 2.24) is 15.5 Å². The van der Waals surface area contributed by atoms with Crippen LogP contribution in [0.25, 0.3) is 0 Å². The van der Waals surface area contributed by atoms with Gasteiger partial charge in [0.1, 0.15) is 30.3 Å². The number of nitrogens with two attached hydrogens (primary N) is 1. The predicted molar refractivity (Wildman–Crippen MR) is 135 cm³/mol. The average Bonchev–Trinajstić information content (AvgIpc) is 3.44. The highest BCUT2D eigenvalue weighted by atomic mass is 16.6. The van der Waals surface area contributed by atoms with Crippen molar-refractivity contribution in [1.29, 1.82) is 0 Å². The molecular formula is C24H33N7O6. The molecule has 3 aliphatic heterocycles. The Kier molecular flexibility index (Phi) is 8.36. The number of hydrogen-bond acceptors (Lipinski definition) is 10. The Labute approximate surface area is 214 Å². The average molecular weight is 516 g/mol. The van der Waals surface area contributed by atoms with Gasteiger partial charge in [-0.15, -0.1) is 0 Å². The van der Waals surface area contributed by atoms with E-state index < -0.39 is 42.7 Å². The normalized spacial score (nSPS) is 29.6. The number of carbonyl (C=O) groups is 2. The molecule has 4 rings (SSSR count). The lowest BCUT2D eigenvalue weighted by molar-refractivity contribution is -0.140. The summed E-state index contributed by atoms with van der Waals surface area (Å²) in [4.78, 5) is 38.3. The Bertz CT molecular complexity index is 1080. The molecule has 3 aliphatic rings. The van der Waals surface area contributed by atoms with Gasteiger partial charge in [-0.2, -0.15) is 4.99 Å². The maximum atomic E-state index is 12.2. The standard InChI is InChI=1S/C24H33N7O6/c1-3-26-22(35)19-17(33)18(34)23(37-19)31-12-28-16-20(25)29-24(30-21(16)31)27-11-10-14-6-4-13(5-7-14)8-9-15(32)36-2/h4-7,12,16-19,21,23,33-34H,3,8-11H2,1-2H3,(H,26,35)(H3,25,27,29,30)/t16?,17-,18+,19-,21?,23?/m0/s1. The van der Waals surface area contributed by atoms with Crippen LogP contribution in [0.4, 0.5) is 0 Å². The Hall–Kier alpha value is -3.55. The van der Waals surface area contributed by atoms with Gasteiger partial charge in [0, 0.05) is 19.5 Å². The monoisotopic (exact) mass is 515 g/mol. The number of methoxy groups -OCH3 is 1. The lowest BCUT2D eigenvalue weighted by Gasteiger charge is -2.35. The van der Waals surface area contributed by atoms with Crippen molar-refractivity contribution in [2.24, 2.45) is 20.7 Å². The molecule has 13 heteroatoms. The summed E-state index contributed by atoms with van der Waals surface area (Å²) >= 11 is 0. The first-order valence-corrected chi connectivity index (χ1v) is 12.2. The van der Waals surface area contributed by atoms with E-state index >= 15 is 0 Å². The zero-order chi connectivity index (χ0) is 26.5. The van der Waals surface area contributed by atoms with Crippen LogP contribution in [0.1, 0.15) is 24.5 Å². The van der Waals surface area contributed by atoms with Gasteiger partial charge in [-0.3, -0.25) is 19.6 Å². The fourth-order valence-corrected chi connectivity index (χ4v) is 4.42. The van der Waals surface area contributed by atoms with Crippen LogP contribution in [0, 0.1) is 0 Å². The number of esters is 1. The van der Waals surface area contributed by atoms with Crippen molar-refractivity contribution in [3.63, 3.8) is 0 Å². The first kappa shape index (κ1) is 26.5. The molecule has 0 aliphatic carbocycles. The molecule has 1 aromatic rings. The number of likely N-dealkylation sites (N-methyl/N-ethyl adjacent to an activating group) is 1. The second kappa shape index (κ2) is 11.7. The largest absolute Gasteiger partial charge is 0.469 e. The number of fused-ring (bicyclic) bond motifs is 1. The van der Waals surface area contributed by atoms with Gasteiger partial charge in [0.05, 0.1) is 13.4 Å². The fraction of sp³-hybridized carbons (Fsp3) is 0.542. The zero-order valence-electron chi connectivity index (χ0n) is 20.8. The number of guanidine groups is 1. The summed E-state index contributed by atoms with van der Waals surface area (Å²) in [7, 11) is 1.38. The van der Waals surface area contributed by atoms with Crippen LogP contribution in [0.5, 0.6) is 0 Å². The topological polar surface area (TPSA) is 183 Å². The SMILES string of the molecule is CCNC(=O)[C@H]1OC(N2C=NC3C(N)=NC(=NCCc4ccc(CCC(=O)OC)cc4)NC32)[C@H](O)[C@@H]1O. The number of carbonyl (C=O) groups excluding carboxylic acids is 2. The lowest BCUT2D eigenvalue weighted by atomic mass is 10.1. The number of nitrogens with zero attached hydrogens (tertiary/aromatic N) is 4. The lowest BCUT2D eigenvalue weighted by Crippen LogP contribution is -2.61. The number of amidine groups is 1. The second-order valence-electron chi connectivity index (χ2n) is 8.95. The molecule has 13 nitrogen and oxygen atoms in total. The van der Waals surface area contributed by atoms with E-state index in [9.17, 15) is 19.8 Å². The molecule has 0 spiro atoms. The molecule has 1 amide bonds. The van der Waals surface area contributed by atoms with Crippen molar-refractivity contribution in [3.8, 4) is 0 Å². The quantitative estimate of drug-likeness (QED) is 0.239. The van der Waals surface area contributed by atoms with Crippen molar-refractivity contribution in [3.05, 3.63) is 35.4 Å². The Balaban J connectivity index is 1.36. The molecule has 3 unspecified atom stereocenters. The van der Waals surface area contributed by atoms with Crippen LogP contribution in [-0.2, 0) is 31.9 Å². The van der Waals surface area contributed by atoms with E-state index in [4.69, 9.17) is 10.5 Å². The fourth-order valence-electron chi connectivity index (χ4n) is 4.42. The van der Waals surface area contributed by atoms with Crippen LogP contribution in [0.2, 0.25) is 0 Å². The van der Waals surface area contributed by atoms with Gasteiger partial charge in [0.2, 0.25) is 5.96 Å². The molecule has 200 valence electrons. The number of aryl methyl sites for hydroxylation is 1.